The van der Waals surface area contributed by atoms with Gasteiger partial charge in [0.25, 0.3) is 0 Å². The van der Waals surface area contributed by atoms with Gasteiger partial charge in [0.1, 0.15) is 0 Å². The van der Waals surface area contributed by atoms with Crippen LogP contribution < -0.4 is 16.0 Å². The molecule has 0 aromatic carbocycles. The molecule has 8 heteroatoms. The van der Waals surface area contributed by atoms with Gasteiger partial charge in [-0.3, -0.25) is 9.59 Å². The lowest BCUT2D eigenvalue weighted by Gasteiger charge is -2.27. The molecule has 4 N–H and O–H groups in total. The number of carboxylic acid groups (broad SMARTS) is 1. The van der Waals surface area contributed by atoms with Crippen LogP contribution in [0.1, 0.15) is 57.8 Å². The molecule has 0 spiro atoms. The number of nitrogens with one attached hydrogen (secondary N) is 3. The first kappa shape index (κ1) is 21.5. The highest BCUT2D eigenvalue weighted by atomic mass is 16.5. The predicted molar refractivity (Wildman–Crippen MR) is 100 cm³/mol. The summed E-state index contributed by atoms with van der Waals surface area (Å²) in [6.07, 6.45) is 7.86. The molecule has 3 amide bonds. The fourth-order valence-corrected chi connectivity index (χ4v) is 3.82. The molecule has 0 bridgehead atoms. The zero-order chi connectivity index (χ0) is 19.5. The largest absolute Gasteiger partial charge is 0.481 e. The first-order valence-corrected chi connectivity index (χ1v) is 10.2. The molecule has 1 saturated carbocycles. The number of rotatable bonds is 9. The topological polar surface area (TPSA) is 117 Å². The minimum atomic E-state index is -0.872. The lowest BCUT2D eigenvalue weighted by molar-refractivity contribution is -0.145. The van der Waals surface area contributed by atoms with Crippen molar-refractivity contribution in [1.29, 1.82) is 0 Å². The number of aliphatic carboxylic acids is 1. The Kier molecular flexibility index (Phi) is 9.38. The van der Waals surface area contributed by atoms with Gasteiger partial charge in [0.05, 0.1) is 5.92 Å². The number of amides is 3. The quantitative estimate of drug-likeness (QED) is 0.452. The highest BCUT2D eigenvalue weighted by Crippen LogP contribution is 2.23. The Morgan fingerprint density at radius 1 is 1.00 bits per heavy atom. The zero-order valence-electron chi connectivity index (χ0n) is 16.0. The number of hydrogen-bond donors (Lipinski definition) is 4. The first-order chi connectivity index (χ1) is 13.1. The molecular weight excluding hydrogens is 350 g/mol. The molecular formula is C19H33N3O5. The van der Waals surface area contributed by atoms with E-state index in [1.165, 1.54) is 6.42 Å². The van der Waals surface area contributed by atoms with E-state index in [0.717, 1.165) is 25.7 Å². The van der Waals surface area contributed by atoms with Gasteiger partial charge in [-0.05, 0) is 38.0 Å². The van der Waals surface area contributed by atoms with Crippen LogP contribution in [0.3, 0.4) is 0 Å². The van der Waals surface area contributed by atoms with Crippen LogP contribution in [0.15, 0.2) is 0 Å². The molecule has 2 fully saturated rings. The van der Waals surface area contributed by atoms with Crippen LogP contribution in [-0.2, 0) is 14.3 Å². The van der Waals surface area contributed by atoms with E-state index in [-0.39, 0.29) is 36.9 Å². The van der Waals surface area contributed by atoms with Crippen LogP contribution in [0.5, 0.6) is 0 Å². The number of carbonyl (C=O) groups is 3. The molecule has 1 aliphatic carbocycles. The van der Waals surface area contributed by atoms with Gasteiger partial charge >= 0.3 is 12.0 Å². The van der Waals surface area contributed by atoms with Crippen LogP contribution in [0.2, 0.25) is 0 Å². The number of hydrogen-bond acceptors (Lipinski definition) is 4. The number of carbonyl (C=O) groups excluding carboxylic acids is 2. The monoisotopic (exact) mass is 383 g/mol. The van der Waals surface area contributed by atoms with Crippen molar-refractivity contribution >= 4 is 17.9 Å². The van der Waals surface area contributed by atoms with Crippen molar-refractivity contribution in [2.24, 2.45) is 11.8 Å². The average Bonchev–Trinajstić information content (AvgIpc) is 2.67. The molecule has 0 radical (unpaired) electrons. The molecule has 0 aromatic heterocycles. The first-order valence-electron chi connectivity index (χ1n) is 10.2. The lowest BCUT2D eigenvalue weighted by atomic mass is 9.86. The summed E-state index contributed by atoms with van der Waals surface area (Å²) < 4.78 is 5.27. The van der Waals surface area contributed by atoms with Gasteiger partial charge in [-0.1, -0.05) is 19.3 Å². The highest BCUT2D eigenvalue weighted by molar-refractivity contribution is 5.77. The Hall–Kier alpha value is -1.83. The molecule has 154 valence electrons. The van der Waals surface area contributed by atoms with Gasteiger partial charge in [-0.15, -0.1) is 0 Å². The summed E-state index contributed by atoms with van der Waals surface area (Å²) in [4.78, 5) is 35.2. The van der Waals surface area contributed by atoms with Gasteiger partial charge in [0.15, 0.2) is 0 Å². The summed E-state index contributed by atoms with van der Waals surface area (Å²) in [5.74, 6) is -1.58. The molecule has 8 nitrogen and oxygen atoms in total. The van der Waals surface area contributed by atoms with Gasteiger partial charge < -0.3 is 25.8 Å². The Morgan fingerprint density at radius 2 is 1.70 bits per heavy atom. The molecule has 2 rings (SSSR count). The van der Waals surface area contributed by atoms with E-state index in [0.29, 0.717) is 39.0 Å². The molecule has 1 aliphatic heterocycles. The lowest BCUT2D eigenvalue weighted by Crippen LogP contribution is -2.43. The Morgan fingerprint density at radius 3 is 2.37 bits per heavy atom. The Balaban J connectivity index is 1.56. The summed E-state index contributed by atoms with van der Waals surface area (Å²) in [6, 6.07) is 0.0907. The number of carboxylic acids is 1. The molecule has 2 aliphatic rings. The van der Waals surface area contributed by atoms with Crippen molar-refractivity contribution in [3.05, 3.63) is 0 Å². The van der Waals surface area contributed by atoms with Crippen molar-refractivity contribution in [2.75, 3.05) is 26.3 Å². The van der Waals surface area contributed by atoms with E-state index in [1.807, 2.05) is 0 Å². The molecule has 0 aromatic rings. The van der Waals surface area contributed by atoms with E-state index in [2.05, 4.69) is 16.0 Å². The SMILES string of the molecule is O=C(CCCNC(=O)NC1CCCCC1)NCC(C(=O)O)C1CCOCC1. The van der Waals surface area contributed by atoms with E-state index < -0.39 is 11.9 Å². The minimum absolute atomic E-state index is 0.0432. The maximum absolute atomic E-state index is 12.0. The molecule has 1 atom stereocenters. The third kappa shape index (κ3) is 8.15. The maximum Gasteiger partial charge on any atom is 0.315 e. The van der Waals surface area contributed by atoms with Gasteiger partial charge in [0, 0.05) is 38.8 Å². The smallest absolute Gasteiger partial charge is 0.315 e. The second kappa shape index (κ2) is 11.8. The molecule has 1 unspecified atom stereocenters. The van der Waals surface area contributed by atoms with Crippen molar-refractivity contribution < 1.29 is 24.2 Å². The molecule has 1 heterocycles. The summed E-state index contributed by atoms with van der Waals surface area (Å²) in [5, 5.41) is 17.9. The maximum atomic E-state index is 12.0. The summed E-state index contributed by atoms with van der Waals surface area (Å²) in [5.41, 5.74) is 0. The molecule has 27 heavy (non-hydrogen) atoms. The summed E-state index contributed by atoms with van der Waals surface area (Å²) in [7, 11) is 0. The Labute approximate surface area is 160 Å². The van der Waals surface area contributed by atoms with Crippen LogP contribution in [0.25, 0.3) is 0 Å². The van der Waals surface area contributed by atoms with Crippen LogP contribution in [-0.4, -0.2) is 55.4 Å². The van der Waals surface area contributed by atoms with Crippen molar-refractivity contribution in [3.8, 4) is 0 Å². The second-order valence-electron chi connectivity index (χ2n) is 7.54. The van der Waals surface area contributed by atoms with E-state index >= 15 is 0 Å². The predicted octanol–water partition coefficient (Wildman–Crippen LogP) is 1.64. The van der Waals surface area contributed by atoms with E-state index in [4.69, 9.17) is 4.74 Å². The standard InChI is InChI=1S/C19H33N3O5/c23-17(21-13-16(18(24)25)14-8-11-27-12-9-14)7-4-10-20-19(26)22-15-5-2-1-3-6-15/h14-16H,1-13H2,(H,21,23)(H,24,25)(H2,20,22,26). The Bertz CT molecular complexity index is 488. The van der Waals surface area contributed by atoms with Crippen molar-refractivity contribution in [3.63, 3.8) is 0 Å². The fraction of sp³-hybridized carbons (Fsp3) is 0.842. The second-order valence-corrected chi connectivity index (χ2v) is 7.54. The van der Waals surface area contributed by atoms with Crippen molar-refractivity contribution in [1.82, 2.24) is 16.0 Å². The van der Waals surface area contributed by atoms with E-state index in [9.17, 15) is 19.5 Å². The van der Waals surface area contributed by atoms with Gasteiger partial charge in [0.2, 0.25) is 5.91 Å². The van der Waals surface area contributed by atoms with Crippen LogP contribution in [0, 0.1) is 11.8 Å². The fourth-order valence-electron chi connectivity index (χ4n) is 3.82. The third-order valence-corrected chi connectivity index (χ3v) is 5.48. The van der Waals surface area contributed by atoms with E-state index in [1.54, 1.807) is 0 Å². The average molecular weight is 383 g/mol. The zero-order valence-corrected chi connectivity index (χ0v) is 16.0. The minimum Gasteiger partial charge on any atom is -0.481 e. The van der Waals surface area contributed by atoms with Crippen LogP contribution >= 0.6 is 0 Å². The number of urea groups is 1. The summed E-state index contributed by atoms with van der Waals surface area (Å²) >= 11 is 0. The number of ether oxygens (including phenoxy) is 1. The third-order valence-electron chi connectivity index (χ3n) is 5.48. The summed E-state index contributed by atoms with van der Waals surface area (Å²) in [6.45, 7) is 1.73. The van der Waals surface area contributed by atoms with Crippen LogP contribution in [0.4, 0.5) is 4.79 Å². The van der Waals surface area contributed by atoms with Gasteiger partial charge in [-0.25, -0.2) is 4.79 Å². The van der Waals surface area contributed by atoms with Crippen molar-refractivity contribution in [2.45, 2.75) is 63.8 Å². The molecule has 1 saturated heterocycles. The highest BCUT2D eigenvalue weighted by Gasteiger charge is 2.29. The normalized spacial score (nSPS) is 19.9. The van der Waals surface area contributed by atoms with Gasteiger partial charge in [-0.2, -0.15) is 0 Å².